The van der Waals surface area contributed by atoms with Gasteiger partial charge in [0.15, 0.2) is 0 Å². The van der Waals surface area contributed by atoms with E-state index in [2.05, 4.69) is 15.6 Å². The first-order valence-corrected chi connectivity index (χ1v) is 8.77. The highest BCUT2D eigenvalue weighted by molar-refractivity contribution is 6.05. The summed E-state index contributed by atoms with van der Waals surface area (Å²) in [4.78, 5) is 38.0. The zero-order valence-corrected chi connectivity index (χ0v) is 14.9. The third kappa shape index (κ3) is 3.79. The van der Waals surface area contributed by atoms with Gasteiger partial charge in [-0.15, -0.1) is 0 Å². The number of amides is 3. The van der Waals surface area contributed by atoms with Gasteiger partial charge in [0.05, 0.1) is 12.2 Å². The van der Waals surface area contributed by atoms with Gasteiger partial charge in [0.25, 0.3) is 11.8 Å². The number of likely N-dealkylation sites (tertiary alicyclic amines) is 1. The Morgan fingerprint density at radius 1 is 1.19 bits per heavy atom. The first kappa shape index (κ1) is 18.5. The fourth-order valence-electron chi connectivity index (χ4n) is 3.23. The summed E-state index contributed by atoms with van der Waals surface area (Å²) in [7, 11) is 0. The fourth-order valence-corrected chi connectivity index (χ4v) is 3.23. The number of hydrazine groups is 1. The smallest absolute Gasteiger partial charge is 0.426 e. The van der Waals surface area contributed by atoms with E-state index in [0.29, 0.717) is 24.8 Å². The summed E-state index contributed by atoms with van der Waals surface area (Å²) >= 11 is 0. The molecule has 1 aliphatic rings. The zero-order valence-electron chi connectivity index (χ0n) is 14.9. The van der Waals surface area contributed by atoms with Gasteiger partial charge in [-0.05, 0) is 31.2 Å². The third-order valence-electron chi connectivity index (χ3n) is 4.51. The number of rotatable bonds is 3. The number of nitrogens with one attached hydrogen (secondary N) is 2. The van der Waals surface area contributed by atoms with Crippen molar-refractivity contribution in [3.8, 4) is 5.75 Å². The lowest BCUT2D eigenvalue weighted by molar-refractivity contribution is -0.125. The average Bonchev–Trinajstić information content (AvgIpc) is 3.16. The van der Waals surface area contributed by atoms with E-state index in [9.17, 15) is 19.5 Å². The van der Waals surface area contributed by atoms with Crippen LogP contribution in [0.2, 0.25) is 0 Å². The molecule has 1 unspecified atom stereocenters. The SMILES string of the molecule is CCOC(=O)NNC(=O)C1CCCN1C(=O)c1ccc2ccccc2c1O. The van der Waals surface area contributed by atoms with Crippen molar-refractivity contribution in [2.75, 3.05) is 13.2 Å². The van der Waals surface area contributed by atoms with E-state index in [1.807, 2.05) is 12.1 Å². The number of carbonyl (C=O) groups is 3. The predicted octanol–water partition coefficient (Wildman–Crippen LogP) is 1.93. The summed E-state index contributed by atoms with van der Waals surface area (Å²) in [6, 6.07) is 9.80. The first-order valence-electron chi connectivity index (χ1n) is 8.77. The molecule has 27 heavy (non-hydrogen) atoms. The van der Waals surface area contributed by atoms with Gasteiger partial charge in [-0.2, -0.15) is 0 Å². The molecule has 0 bridgehead atoms. The molecule has 1 heterocycles. The van der Waals surface area contributed by atoms with Crippen molar-refractivity contribution < 1.29 is 24.2 Å². The molecule has 1 atom stereocenters. The van der Waals surface area contributed by atoms with Crippen LogP contribution in [-0.2, 0) is 9.53 Å². The number of ether oxygens (including phenoxy) is 1. The van der Waals surface area contributed by atoms with Gasteiger partial charge >= 0.3 is 6.09 Å². The number of hydrogen-bond acceptors (Lipinski definition) is 5. The lowest BCUT2D eigenvalue weighted by Crippen LogP contribution is -2.51. The van der Waals surface area contributed by atoms with Gasteiger partial charge in [0.1, 0.15) is 11.8 Å². The molecule has 2 aromatic carbocycles. The number of fused-ring (bicyclic) bond motifs is 1. The molecule has 0 radical (unpaired) electrons. The van der Waals surface area contributed by atoms with Crippen molar-refractivity contribution >= 4 is 28.7 Å². The summed E-state index contributed by atoms with van der Waals surface area (Å²) in [6.07, 6.45) is 0.350. The summed E-state index contributed by atoms with van der Waals surface area (Å²) in [5, 5.41) is 11.9. The Morgan fingerprint density at radius 2 is 1.96 bits per heavy atom. The van der Waals surface area contributed by atoms with Crippen LogP contribution in [-0.4, -0.2) is 47.1 Å². The molecule has 0 aliphatic carbocycles. The summed E-state index contributed by atoms with van der Waals surface area (Å²) < 4.78 is 4.68. The van der Waals surface area contributed by atoms with Crippen LogP contribution in [0.4, 0.5) is 4.79 Å². The Morgan fingerprint density at radius 3 is 2.74 bits per heavy atom. The highest BCUT2D eigenvalue weighted by atomic mass is 16.6. The normalized spacial score (nSPS) is 16.2. The highest BCUT2D eigenvalue weighted by Crippen LogP contribution is 2.31. The van der Waals surface area contributed by atoms with Gasteiger partial charge in [-0.25, -0.2) is 10.2 Å². The van der Waals surface area contributed by atoms with Crippen LogP contribution < -0.4 is 10.9 Å². The Balaban J connectivity index is 1.77. The number of phenolic OH excluding ortho intramolecular Hbond substituents is 1. The van der Waals surface area contributed by atoms with E-state index in [4.69, 9.17) is 0 Å². The minimum atomic E-state index is -0.770. The molecule has 0 aromatic heterocycles. The van der Waals surface area contributed by atoms with Crippen LogP contribution in [0.1, 0.15) is 30.1 Å². The Labute approximate surface area is 156 Å². The van der Waals surface area contributed by atoms with Gasteiger partial charge in [0.2, 0.25) is 0 Å². The molecule has 0 saturated carbocycles. The van der Waals surface area contributed by atoms with Crippen molar-refractivity contribution in [3.63, 3.8) is 0 Å². The van der Waals surface area contributed by atoms with Gasteiger partial charge in [-0.3, -0.25) is 15.0 Å². The molecule has 1 fully saturated rings. The number of benzene rings is 2. The lowest BCUT2D eigenvalue weighted by Gasteiger charge is -2.24. The molecule has 1 saturated heterocycles. The molecule has 8 nitrogen and oxygen atoms in total. The molecule has 1 aliphatic heterocycles. The maximum atomic E-state index is 12.9. The molecule has 8 heteroatoms. The van der Waals surface area contributed by atoms with Crippen molar-refractivity contribution in [3.05, 3.63) is 42.0 Å². The molecular weight excluding hydrogens is 350 g/mol. The second kappa shape index (κ2) is 7.94. The maximum Gasteiger partial charge on any atom is 0.426 e. The Hall–Kier alpha value is -3.29. The van der Waals surface area contributed by atoms with E-state index in [1.165, 1.54) is 4.90 Å². The lowest BCUT2D eigenvalue weighted by atomic mass is 10.0. The predicted molar refractivity (Wildman–Crippen MR) is 98.0 cm³/mol. The minimum Gasteiger partial charge on any atom is -0.506 e. The maximum absolute atomic E-state index is 12.9. The number of nitrogens with zero attached hydrogens (tertiary/aromatic N) is 1. The second-order valence-corrected chi connectivity index (χ2v) is 6.17. The van der Waals surface area contributed by atoms with Crippen molar-refractivity contribution in [2.24, 2.45) is 0 Å². The largest absolute Gasteiger partial charge is 0.506 e. The minimum absolute atomic E-state index is 0.103. The summed E-state index contributed by atoms with van der Waals surface area (Å²) in [5.41, 5.74) is 4.56. The molecular formula is C19H21N3O5. The number of phenols is 1. The quantitative estimate of drug-likeness (QED) is 0.715. The number of carbonyl (C=O) groups excluding carboxylic acids is 3. The summed E-state index contributed by atoms with van der Waals surface area (Å²) in [5.74, 6) is -1.03. The molecule has 3 amide bonds. The van der Waals surface area contributed by atoms with Crippen LogP contribution in [0.5, 0.6) is 5.75 Å². The zero-order chi connectivity index (χ0) is 19.4. The van der Waals surface area contributed by atoms with Gasteiger partial charge in [-0.1, -0.05) is 30.3 Å². The topological polar surface area (TPSA) is 108 Å². The van der Waals surface area contributed by atoms with E-state index in [-0.39, 0.29) is 17.9 Å². The van der Waals surface area contributed by atoms with Gasteiger partial charge < -0.3 is 14.7 Å². The standard InChI is InChI=1S/C19H21N3O5/c1-2-27-19(26)21-20-17(24)15-8-5-11-22(15)18(25)14-10-9-12-6-3-4-7-13(12)16(14)23/h3-4,6-7,9-10,15,23H,2,5,8,11H2,1H3,(H,20,24)(H,21,26). The molecule has 142 valence electrons. The average molecular weight is 371 g/mol. The number of hydrogen-bond donors (Lipinski definition) is 3. The van der Waals surface area contributed by atoms with E-state index < -0.39 is 23.9 Å². The summed E-state index contributed by atoms with van der Waals surface area (Å²) in [6.45, 7) is 2.22. The fraction of sp³-hybridized carbons (Fsp3) is 0.316. The van der Waals surface area contributed by atoms with Crippen LogP contribution in [0.15, 0.2) is 36.4 Å². The van der Waals surface area contributed by atoms with Crippen molar-refractivity contribution in [1.29, 1.82) is 0 Å². The third-order valence-corrected chi connectivity index (χ3v) is 4.51. The molecule has 3 rings (SSSR count). The molecule has 3 N–H and O–H groups in total. The molecule has 0 spiro atoms. The molecule has 2 aromatic rings. The van der Waals surface area contributed by atoms with Crippen molar-refractivity contribution in [1.82, 2.24) is 15.8 Å². The van der Waals surface area contributed by atoms with Crippen LogP contribution >= 0.6 is 0 Å². The van der Waals surface area contributed by atoms with E-state index in [0.717, 1.165) is 5.39 Å². The van der Waals surface area contributed by atoms with Crippen LogP contribution in [0.3, 0.4) is 0 Å². The van der Waals surface area contributed by atoms with E-state index in [1.54, 1.807) is 31.2 Å². The van der Waals surface area contributed by atoms with Gasteiger partial charge in [0, 0.05) is 11.9 Å². The van der Waals surface area contributed by atoms with Crippen LogP contribution in [0.25, 0.3) is 10.8 Å². The van der Waals surface area contributed by atoms with Crippen LogP contribution in [0, 0.1) is 0 Å². The van der Waals surface area contributed by atoms with E-state index >= 15 is 0 Å². The first-order chi connectivity index (χ1) is 13.0. The monoisotopic (exact) mass is 371 g/mol. The number of aromatic hydroxyl groups is 1. The Kier molecular flexibility index (Phi) is 5.44. The highest BCUT2D eigenvalue weighted by Gasteiger charge is 2.35. The Bertz CT molecular complexity index is 883. The second-order valence-electron chi connectivity index (χ2n) is 6.17. The van der Waals surface area contributed by atoms with Crippen molar-refractivity contribution in [2.45, 2.75) is 25.8 Å².